The van der Waals surface area contributed by atoms with Crippen LogP contribution in [0.3, 0.4) is 0 Å². The molecule has 12 nitrogen and oxygen atoms in total. The van der Waals surface area contributed by atoms with E-state index in [1.165, 1.54) is 0 Å². The minimum atomic E-state index is -1.95. The Bertz CT molecular complexity index is 1290. The van der Waals surface area contributed by atoms with Crippen LogP contribution >= 0.6 is 0 Å². The van der Waals surface area contributed by atoms with Gasteiger partial charge in [0.2, 0.25) is 0 Å². The van der Waals surface area contributed by atoms with Gasteiger partial charge in [-0.1, -0.05) is 38.5 Å². The molecule has 0 amide bonds. The summed E-state index contributed by atoms with van der Waals surface area (Å²) in [5.74, 6) is 6.96. The molecular weight excluding hydrogens is 588 g/mol. The van der Waals surface area contributed by atoms with Crippen LogP contribution in [0.2, 0.25) is 0 Å². The Kier molecular flexibility index (Phi) is 13.9. The molecule has 0 aromatic rings. The summed E-state index contributed by atoms with van der Waals surface area (Å²) in [4.78, 5) is 71.3. The van der Waals surface area contributed by atoms with Crippen molar-refractivity contribution >= 4 is 35.8 Å². The van der Waals surface area contributed by atoms with Crippen molar-refractivity contribution in [3.63, 3.8) is 0 Å². The molecule has 45 heavy (non-hydrogen) atoms. The van der Waals surface area contributed by atoms with Crippen LogP contribution in [0.5, 0.6) is 0 Å². The maximum absolute atomic E-state index is 11.9. The summed E-state index contributed by atoms with van der Waals surface area (Å²) in [6.45, 7) is 11.7. The van der Waals surface area contributed by atoms with E-state index in [0.717, 1.165) is 41.5 Å². The van der Waals surface area contributed by atoms with Gasteiger partial charge in [0.25, 0.3) is 0 Å². The largest absolute Gasteiger partial charge is 0.411 e. The Morgan fingerprint density at radius 1 is 0.600 bits per heavy atom. The van der Waals surface area contributed by atoms with Crippen molar-refractivity contribution in [2.75, 3.05) is 0 Å². The second kappa shape index (κ2) is 16.4. The number of allylic oxidation sites excluding steroid dienone is 2. The average Bonchev–Trinajstić information content (AvgIpc) is 2.92. The zero-order chi connectivity index (χ0) is 34.5. The molecule has 12 heteroatoms. The maximum atomic E-state index is 11.9. The first-order valence-corrected chi connectivity index (χ1v) is 14.4. The average molecular weight is 629 g/mol. The fourth-order valence-electron chi connectivity index (χ4n) is 4.22. The molecule has 0 aromatic heterocycles. The maximum Gasteiger partial charge on any atom is 0.321 e. The van der Waals surface area contributed by atoms with Gasteiger partial charge in [-0.25, -0.2) is 0 Å². The minimum absolute atomic E-state index is 0.0252. The van der Waals surface area contributed by atoms with E-state index < -0.39 is 58.6 Å². The van der Waals surface area contributed by atoms with Crippen LogP contribution in [0.25, 0.3) is 0 Å². The second-order valence-corrected chi connectivity index (χ2v) is 10.1. The normalized spacial score (nSPS) is 13.8. The number of esters is 6. The molecule has 0 radical (unpaired) electrons. The summed E-state index contributed by atoms with van der Waals surface area (Å²) in [7, 11) is 0. The predicted molar refractivity (Wildman–Crippen MR) is 157 cm³/mol. The van der Waals surface area contributed by atoms with Crippen LogP contribution in [-0.4, -0.2) is 53.2 Å². The molecule has 1 aliphatic rings. The van der Waals surface area contributed by atoms with Gasteiger partial charge < -0.3 is 28.4 Å². The number of ether oxygens (including phenoxy) is 6. The number of rotatable bonds is 9. The van der Waals surface area contributed by atoms with Gasteiger partial charge in [-0.05, 0) is 43.1 Å². The van der Waals surface area contributed by atoms with Crippen LogP contribution in [0.1, 0.15) is 101 Å². The summed E-state index contributed by atoms with van der Waals surface area (Å²) in [6.07, 6.45) is 2.76. The lowest BCUT2D eigenvalue weighted by Gasteiger charge is -2.29. The Labute approximate surface area is 263 Å². The highest BCUT2D eigenvalue weighted by Crippen LogP contribution is 2.35. The lowest BCUT2D eigenvalue weighted by Crippen LogP contribution is -2.38. The molecule has 0 fully saturated rings. The highest BCUT2D eigenvalue weighted by molar-refractivity contribution is 5.71. The van der Waals surface area contributed by atoms with Gasteiger partial charge in [0.1, 0.15) is 5.41 Å². The Hall–Kier alpha value is -4.76. The standard InChI is InChI=1S/C33H40O12/c1-10-31(40-23(4)34,41-24(5)35)17-15-29-14-13-16-30(22-29,18-20-32(11-2,42-25(6)36)43-26(7)37)19-21-33(12-3,44-27(8)38)45-28(9)39/h22H,10-14,16H2,1-9H3. The first kappa shape index (κ1) is 38.3. The van der Waals surface area contributed by atoms with Crippen LogP contribution in [0.4, 0.5) is 0 Å². The van der Waals surface area contributed by atoms with Crippen LogP contribution in [0.15, 0.2) is 11.6 Å². The molecule has 0 saturated carbocycles. The van der Waals surface area contributed by atoms with Crippen molar-refractivity contribution in [3.05, 3.63) is 11.6 Å². The van der Waals surface area contributed by atoms with Crippen molar-refractivity contribution in [1.29, 1.82) is 0 Å². The molecule has 0 aliphatic heterocycles. The van der Waals surface area contributed by atoms with Crippen LogP contribution in [-0.2, 0) is 57.2 Å². The lowest BCUT2D eigenvalue weighted by atomic mass is 9.76. The minimum Gasteiger partial charge on any atom is -0.411 e. The lowest BCUT2D eigenvalue weighted by molar-refractivity contribution is -0.208. The van der Waals surface area contributed by atoms with E-state index in [4.69, 9.17) is 28.4 Å². The van der Waals surface area contributed by atoms with Gasteiger partial charge in [-0.3, -0.25) is 28.8 Å². The third-order valence-electron chi connectivity index (χ3n) is 6.05. The monoisotopic (exact) mass is 628 g/mol. The van der Waals surface area contributed by atoms with Gasteiger partial charge in [-0.2, -0.15) is 0 Å². The molecule has 1 aliphatic carbocycles. The number of carbonyl (C=O) groups excluding carboxylic acids is 6. The predicted octanol–water partition coefficient (Wildman–Crippen LogP) is 3.79. The molecule has 1 rings (SSSR count). The van der Waals surface area contributed by atoms with Crippen molar-refractivity contribution in [1.82, 2.24) is 0 Å². The summed E-state index contributed by atoms with van der Waals surface area (Å²) < 4.78 is 31.8. The molecule has 0 bridgehead atoms. The van der Waals surface area contributed by atoms with E-state index in [-0.39, 0.29) is 25.7 Å². The molecular formula is C33H40O12. The van der Waals surface area contributed by atoms with E-state index in [1.54, 1.807) is 26.8 Å². The zero-order valence-electron chi connectivity index (χ0n) is 27.2. The molecule has 0 N–H and O–H groups in total. The van der Waals surface area contributed by atoms with Crippen molar-refractivity contribution < 1.29 is 57.2 Å². The SMILES string of the molecule is CCC(C#CC1=CC(C#CC(CC)(OC(C)=O)OC(C)=O)(C#CC(CC)(OC(C)=O)OC(C)=O)CCC1)(OC(C)=O)OC(C)=O. The first-order valence-electron chi connectivity index (χ1n) is 14.4. The fourth-order valence-corrected chi connectivity index (χ4v) is 4.22. The van der Waals surface area contributed by atoms with Crippen molar-refractivity contribution in [2.24, 2.45) is 5.41 Å². The molecule has 0 saturated heterocycles. The van der Waals surface area contributed by atoms with Crippen molar-refractivity contribution in [2.45, 2.75) is 118 Å². The molecule has 0 aromatic carbocycles. The summed E-state index contributed by atoms with van der Waals surface area (Å²) in [5, 5.41) is 0. The fraction of sp³-hybridized carbons (Fsp3) is 0.576. The van der Waals surface area contributed by atoms with Crippen LogP contribution < -0.4 is 0 Å². The second-order valence-electron chi connectivity index (χ2n) is 10.1. The highest BCUT2D eigenvalue weighted by atomic mass is 16.7. The van der Waals surface area contributed by atoms with Gasteiger partial charge in [0.05, 0.1) is 0 Å². The molecule has 0 heterocycles. The number of hydrogen-bond donors (Lipinski definition) is 0. The molecule has 0 spiro atoms. The van der Waals surface area contributed by atoms with Gasteiger partial charge in [-0.15, -0.1) is 0 Å². The number of carbonyl (C=O) groups is 6. The van der Waals surface area contributed by atoms with Gasteiger partial charge >= 0.3 is 53.2 Å². The van der Waals surface area contributed by atoms with Gasteiger partial charge in [0, 0.05) is 66.4 Å². The van der Waals surface area contributed by atoms with Gasteiger partial charge in [0.15, 0.2) is 0 Å². The van der Waals surface area contributed by atoms with E-state index in [2.05, 4.69) is 35.5 Å². The van der Waals surface area contributed by atoms with Crippen LogP contribution in [0, 0.1) is 40.9 Å². The quantitative estimate of drug-likeness (QED) is 0.158. The third kappa shape index (κ3) is 12.4. The van der Waals surface area contributed by atoms with E-state index in [1.807, 2.05) is 0 Å². The summed E-state index contributed by atoms with van der Waals surface area (Å²) in [5.41, 5.74) is -0.937. The third-order valence-corrected chi connectivity index (χ3v) is 6.05. The Morgan fingerprint density at radius 3 is 1.20 bits per heavy atom. The molecule has 244 valence electrons. The number of hydrogen-bond acceptors (Lipinski definition) is 12. The summed E-state index contributed by atoms with van der Waals surface area (Å²) >= 11 is 0. The van der Waals surface area contributed by atoms with E-state index in [0.29, 0.717) is 18.4 Å². The summed E-state index contributed by atoms with van der Waals surface area (Å²) in [6, 6.07) is 0. The zero-order valence-corrected chi connectivity index (χ0v) is 27.2. The molecule has 0 unspecified atom stereocenters. The van der Waals surface area contributed by atoms with E-state index in [9.17, 15) is 28.8 Å². The Balaban J connectivity index is 4.07. The molecule has 0 atom stereocenters. The topological polar surface area (TPSA) is 158 Å². The smallest absolute Gasteiger partial charge is 0.321 e. The first-order chi connectivity index (χ1) is 20.9. The van der Waals surface area contributed by atoms with Crippen molar-refractivity contribution in [3.8, 4) is 35.5 Å². The Morgan fingerprint density at radius 2 is 0.911 bits per heavy atom. The highest BCUT2D eigenvalue weighted by Gasteiger charge is 2.38. The van der Waals surface area contributed by atoms with E-state index >= 15 is 0 Å².